The molecule has 0 aliphatic carbocycles. The standard InChI is InChI=1S/C21H24N8O3/c1-13-3-2-4-14(9-13)10-22-28-21-26-17-16(19(27-21)29-5-7-31-8-6-29)24-18(25-17)20(30)23-15-11-32-12-15/h2-4,9-10,15H,5-8,11-12H2,1H3,(H,23,30)(H2,24,25,26,27,28)/b22-10+. The molecule has 166 valence electrons. The van der Waals surface area contributed by atoms with Gasteiger partial charge in [0.1, 0.15) is 5.52 Å². The summed E-state index contributed by atoms with van der Waals surface area (Å²) in [5.41, 5.74) is 6.01. The number of morpholine rings is 1. The normalized spacial score (nSPS) is 17.0. The third kappa shape index (κ3) is 4.39. The molecule has 1 amide bonds. The van der Waals surface area contributed by atoms with Gasteiger partial charge >= 0.3 is 0 Å². The number of hydrogen-bond donors (Lipinski definition) is 3. The Morgan fingerprint density at radius 1 is 1.22 bits per heavy atom. The van der Waals surface area contributed by atoms with Gasteiger partial charge in [-0.2, -0.15) is 15.1 Å². The number of nitrogens with one attached hydrogen (secondary N) is 3. The second-order valence-corrected chi connectivity index (χ2v) is 7.75. The molecule has 0 atom stereocenters. The van der Waals surface area contributed by atoms with Gasteiger partial charge in [0.25, 0.3) is 5.91 Å². The third-order valence-electron chi connectivity index (χ3n) is 5.25. The minimum atomic E-state index is -0.295. The lowest BCUT2D eigenvalue weighted by Crippen LogP contribution is -2.48. The van der Waals surface area contributed by atoms with Gasteiger partial charge in [0.15, 0.2) is 17.3 Å². The molecule has 32 heavy (non-hydrogen) atoms. The molecule has 0 bridgehead atoms. The second kappa shape index (κ2) is 8.89. The van der Waals surface area contributed by atoms with E-state index in [2.05, 4.69) is 40.7 Å². The summed E-state index contributed by atoms with van der Waals surface area (Å²) in [6.07, 6.45) is 1.71. The number of aryl methyl sites for hydroxylation is 1. The van der Waals surface area contributed by atoms with E-state index in [1.165, 1.54) is 0 Å². The highest BCUT2D eigenvalue weighted by molar-refractivity contribution is 5.96. The molecule has 2 fully saturated rings. The van der Waals surface area contributed by atoms with Gasteiger partial charge in [-0.1, -0.05) is 29.8 Å². The Morgan fingerprint density at radius 2 is 2.06 bits per heavy atom. The van der Waals surface area contributed by atoms with Crippen molar-refractivity contribution >= 4 is 35.1 Å². The van der Waals surface area contributed by atoms with E-state index in [0.29, 0.717) is 62.4 Å². The molecule has 2 aliphatic heterocycles. The Balaban J connectivity index is 1.43. The van der Waals surface area contributed by atoms with E-state index < -0.39 is 0 Å². The number of hydrazone groups is 1. The molecule has 2 aliphatic rings. The molecule has 3 N–H and O–H groups in total. The lowest BCUT2D eigenvalue weighted by molar-refractivity contribution is -0.00362. The predicted octanol–water partition coefficient (Wildman–Crippen LogP) is 1.07. The first-order valence-corrected chi connectivity index (χ1v) is 10.5. The van der Waals surface area contributed by atoms with Crippen molar-refractivity contribution in [3.05, 3.63) is 41.2 Å². The van der Waals surface area contributed by atoms with Crippen molar-refractivity contribution in [1.82, 2.24) is 25.3 Å². The lowest BCUT2D eigenvalue weighted by atomic mass is 10.2. The number of aromatic nitrogens is 4. The average Bonchev–Trinajstić information content (AvgIpc) is 3.21. The Kier molecular flexibility index (Phi) is 5.65. The van der Waals surface area contributed by atoms with Crippen molar-refractivity contribution in [2.24, 2.45) is 5.10 Å². The number of H-pyrrole nitrogens is 1. The maximum absolute atomic E-state index is 12.6. The van der Waals surface area contributed by atoms with Crippen LogP contribution in [0.5, 0.6) is 0 Å². The van der Waals surface area contributed by atoms with E-state index in [-0.39, 0.29) is 17.8 Å². The monoisotopic (exact) mass is 436 g/mol. The Hall–Kier alpha value is -3.57. The summed E-state index contributed by atoms with van der Waals surface area (Å²) in [5, 5.41) is 7.16. The van der Waals surface area contributed by atoms with Crippen molar-refractivity contribution in [3.8, 4) is 0 Å². The number of ether oxygens (including phenoxy) is 2. The molecule has 0 spiro atoms. The first-order valence-electron chi connectivity index (χ1n) is 10.5. The Labute approximate surface area is 184 Å². The number of amides is 1. The molecule has 2 saturated heterocycles. The number of carbonyl (C=O) groups excluding carboxylic acids is 1. The number of anilines is 2. The van der Waals surface area contributed by atoms with Crippen LogP contribution in [0.1, 0.15) is 21.7 Å². The van der Waals surface area contributed by atoms with E-state index in [4.69, 9.17) is 9.47 Å². The lowest BCUT2D eigenvalue weighted by Gasteiger charge is -2.28. The summed E-state index contributed by atoms with van der Waals surface area (Å²) >= 11 is 0. The van der Waals surface area contributed by atoms with Crippen LogP contribution in [0.25, 0.3) is 11.2 Å². The van der Waals surface area contributed by atoms with Crippen LogP contribution < -0.4 is 15.6 Å². The molecule has 0 saturated carbocycles. The summed E-state index contributed by atoms with van der Waals surface area (Å²) in [5.74, 6) is 0.853. The molecule has 11 heteroatoms. The van der Waals surface area contributed by atoms with Crippen LogP contribution >= 0.6 is 0 Å². The van der Waals surface area contributed by atoms with Gasteiger partial charge < -0.3 is 24.7 Å². The molecular formula is C21H24N8O3. The van der Waals surface area contributed by atoms with Crippen molar-refractivity contribution in [2.75, 3.05) is 49.8 Å². The van der Waals surface area contributed by atoms with Crippen molar-refractivity contribution in [2.45, 2.75) is 13.0 Å². The van der Waals surface area contributed by atoms with E-state index in [1.807, 2.05) is 31.2 Å². The van der Waals surface area contributed by atoms with Crippen LogP contribution in [0.4, 0.5) is 11.8 Å². The SMILES string of the molecule is Cc1cccc(/C=N/Nc2nc(N3CCOCC3)c3[nH]c(C(=O)NC4COC4)nc3n2)c1. The zero-order chi connectivity index (χ0) is 21.9. The van der Waals surface area contributed by atoms with Gasteiger partial charge in [0.05, 0.1) is 38.7 Å². The first-order chi connectivity index (χ1) is 15.7. The Morgan fingerprint density at radius 3 is 2.81 bits per heavy atom. The summed E-state index contributed by atoms with van der Waals surface area (Å²) in [6.45, 7) is 5.61. The van der Waals surface area contributed by atoms with Crippen LogP contribution in [0, 0.1) is 6.92 Å². The largest absolute Gasteiger partial charge is 0.378 e. The highest BCUT2D eigenvalue weighted by Crippen LogP contribution is 2.25. The number of fused-ring (bicyclic) bond motifs is 1. The number of benzene rings is 1. The molecule has 5 rings (SSSR count). The van der Waals surface area contributed by atoms with Crippen LogP contribution in [0.15, 0.2) is 29.4 Å². The van der Waals surface area contributed by atoms with E-state index in [0.717, 1.165) is 11.1 Å². The fourth-order valence-corrected chi connectivity index (χ4v) is 3.53. The minimum absolute atomic E-state index is 0.00805. The fraction of sp³-hybridized carbons (Fsp3) is 0.381. The predicted molar refractivity (Wildman–Crippen MR) is 119 cm³/mol. The summed E-state index contributed by atoms with van der Waals surface area (Å²) in [6, 6.07) is 8.00. The van der Waals surface area contributed by atoms with Crippen molar-refractivity contribution in [3.63, 3.8) is 0 Å². The Bertz CT molecular complexity index is 1150. The van der Waals surface area contributed by atoms with Crippen molar-refractivity contribution in [1.29, 1.82) is 0 Å². The molecule has 0 unspecified atom stereocenters. The second-order valence-electron chi connectivity index (χ2n) is 7.75. The van der Waals surface area contributed by atoms with Gasteiger partial charge in [0, 0.05) is 13.1 Å². The van der Waals surface area contributed by atoms with Gasteiger partial charge in [-0.15, -0.1) is 0 Å². The zero-order valence-corrected chi connectivity index (χ0v) is 17.7. The fourth-order valence-electron chi connectivity index (χ4n) is 3.53. The van der Waals surface area contributed by atoms with Gasteiger partial charge in [-0.05, 0) is 12.5 Å². The number of imidazole rings is 1. The zero-order valence-electron chi connectivity index (χ0n) is 17.7. The topological polar surface area (TPSA) is 130 Å². The summed E-state index contributed by atoms with van der Waals surface area (Å²) in [7, 11) is 0. The molecule has 4 heterocycles. The minimum Gasteiger partial charge on any atom is -0.378 e. The number of hydrogen-bond acceptors (Lipinski definition) is 9. The first kappa shape index (κ1) is 20.3. The number of rotatable bonds is 6. The number of aromatic amines is 1. The van der Waals surface area contributed by atoms with Gasteiger partial charge in [0.2, 0.25) is 5.95 Å². The van der Waals surface area contributed by atoms with E-state index >= 15 is 0 Å². The molecule has 2 aromatic heterocycles. The average molecular weight is 436 g/mol. The third-order valence-corrected chi connectivity index (χ3v) is 5.25. The smallest absolute Gasteiger partial charge is 0.287 e. The van der Waals surface area contributed by atoms with Gasteiger partial charge in [-0.25, -0.2) is 10.4 Å². The summed E-state index contributed by atoms with van der Waals surface area (Å²) in [4.78, 5) is 31.3. The summed E-state index contributed by atoms with van der Waals surface area (Å²) < 4.78 is 10.6. The molecule has 0 radical (unpaired) electrons. The maximum Gasteiger partial charge on any atom is 0.287 e. The van der Waals surface area contributed by atoms with Crippen LogP contribution in [-0.2, 0) is 9.47 Å². The van der Waals surface area contributed by atoms with Crippen LogP contribution in [-0.4, -0.2) is 77.6 Å². The maximum atomic E-state index is 12.6. The van der Waals surface area contributed by atoms with E-state index in [1.54, 1.807) is 6.21 Å². The van der Waals surface area contributed by atoms with Crippen molar-refractivity contribution < 1.29 is 14.3 Å². The number of nitrogens with zero attached hydrogens (tertiary/aromatic N) is 5. The molecule has 11 nitrogen and oxygen atoms in total. The highest BCUT2D eigenvalue weighted by Gasteiger charge is 2.25. The number of carbonyl (C=O) groups is 1. The van der Waals surface area contributed by atoms with E-state index in [9.17, 15) is 4.79 Å². The quantitative estimate of drug-likeness (QED) is 0.387. The molecular weight excluding hydrogens is 412 g/mol. The van der Waals surface area contributed by atoms with Crippen LogP contribution in [0.2, 0.25) is 0 Å². The van der Waals surface area contributed by atoms with Gasteiger partial charge in [-0.3, -0.25) is 4.79 Å². The molecule has 3 aromatic rings. The molecule has 1 aromatic carbocycles. The van der Waals surface area contributed by atoms with Crippen LogP contribution in [0.3, 0.4) is 0 Å². The highest BCUT2D eigenvalue weighted by atomic mass is 16.5.